The van der Waals surface area contributed by atoms with Crippen LogP contribution in [-0.2, 0) is 0 Å². The second-order valence-corrected chi connectivity index (χ2v) is 8.46. The predicted octanol–water partition coefficient (Wildman–Crippen LogP) is 5.65. The first-order valence-corrected chi connectivity index (χ1v) is 10.8. The second kappa shape index (κ2) is 8.32. The quantitative estimate of drug-likeness (QED) is 0.514. The van der Waals surface area contributed by atoms with Gasteiger partial charge in [0.1, 0.15) is 0 Å². The number of ether oxygens (including phenoxy) is 1. The first-order chi connectivity index (χ1) is 13.6. The van der Waals surface area contributed by atoms with Crippen LogP contribution in [-0.4, -0.2) is 27.2 Å². The number of hydrogen-bond donors (Lipinski definition) is 1. The van der Waals surface area contributed by atoms with Crippen molar-refractivity contribution in [3.63, 3.8) is 0 Å². The van der Waals surface area contributed by atoms with Crippen LogP contribution in [0.2, 0.25) is 0 Å². The van der Waals surface area contributed by atoms with Crippen molar-refractivity contribution in [3.05, 3.63) is 64.1 Å². The molecule has 1 unspecified atom stereocenters. The van der Waals surface area contributed by atoms with E-state index in [1.54, 1.807) is 11.8 Å². The van der Waals surface area contributed by atoms with Gasteiger partial charge in [0.15, 0.2) is 11.9 Å². The lowest BCUT2D eigenvalue weighted by atomic mass is 10.1. The van der Waals surface area contributed by atoms with Crippen molar-refractivity contribution < 1.29 is 4.74 Å². The van der Waals surface area contributed by atoms with E-state index in [1.165, 1.54) is 0 Å². The number of halogens is 1. The Labute approximate surface area is 176 Å². The third-order valence-corrected chi connectivity index (χ3v) is 5.48. The summed E-state index contributed by atoms with van der Waals surface area (Å²) < 4.78 is 7.24. The highest BCUT2D eigenvalue weighted by Crippen LogP contribution is 2.38. The maximum absolute atomic E-state index is 6.28. The zero-order chi connectivity index (χ0) is 19.5. The van der Waals surface area contributed by atoms with Gasteiger partial charge in [-0.3, -0.25) is 0 Å². The fourth-order valence-electron chi connectivity index (χ4n) is 2.95. The van der Waals surface area contributed by atoms with Crippen molar-refractivity contribution in [2.75, 3.05) is 11.1 Å². The molecule has 7 heteroatoms. The third-order valence-electron chi connectivity index (χ3n) is 4.27. The summed E-state index contributed by atoms with van der Waals surface area (Å²) in [6.07, 6.45) is 1.75. The number of aromatic nitrogens is 3. The van der Waals surface area contributed by atoms with Gasteiger partial charge in [0.25, 0.3) is 0 Å². The Balaban J connectivity index is 1.79. The molecule has 28 heavy (non-hydrogen) atoms. The lowest BCUT2D eigenvalue weighted by molar-refractivity contribution is 0.255. The molecule has 0 radical (unpaired) electrons. The van der Waals surface area contributed by atoms with Crippen LogP contribution in [0.15, 0.2) is 63.7 Å². The average Bonchev–Trinajstić information content (AvgIpc) is 2.85. The van der Waals surface area contributed by atoms with Gasteiger partial charge in [-0.2, -0.15) is 4.98 Å². The Bertz CT molecular complexity index is 1030. The van der Waals surface area contributed by atoms with Crippen LogP contribution in [0.1, 0.15) is 19.4 Å². The molecule has 0 saturated heterocycles. The molecule has 1 atom stereocenters. The van der Waals surface area contributed by atoms with Crippen molar-refractivity contribution in [2.45, 2.75) is 25.2 Å². The fraction of sp³-hybridized carbons (Fsp3) is 0.190. The third kappa shape index (κ3) is 4.05. The molecule has 2 aromatic carbocycles. The molecule has 1 aromatic heterocycles. The van der Waals surface area contributed by atoms with Gasteiger partial charge < -0.3 is 10.1 Å². The maximum atomic E-state index is 6.28. The minimum absolute atomic E-state index is 0.363. The van der Waals surface area contributed by atoms with E-state index in [0.717, 1.165) is 32.6 Å². The van der Waals surface area contributed by atoms with Crippen LogP contribution in [0.4, 0.5) is 5.69 Å². The minimum Gasteiger partial charge on any atom is -0.448 e. The van der Waals surface area contributed by atoms with E-state index in [1.807, 2.05) is 43.3 Å². The molecule has 0 fully saturated rings. The van der Waals surface area contributed by atoms with E-state index in [4.69, 9.17) is 4.74 Å². The van der Waals surface area contributed by atoms with Gasteiger partial charge in [-0.15, -0.1) is 10.2 Å². The molecule has 0 amide bonds. The summed E-state index contributed by atoms with van der Waals surface area (Å²) in [5.41, 5.74) is 4.64. The van der Waals surface area contributed by atoms with E-state index in [-0.39, 0.29) is 6.23 Å². The Morgan fingerprint density at radius 1 is 1.21 bits per heavy atom. The highest BCUT2D eigenvalue weighted by atomic mass is 79.9. The highest BCUT2D eigenvalue weighted by Gasteiger charge is 2.26. The second-order valence-electron chi connectivity index (χ2n) is 6.31. The van der Waals surface area contributed by atoms with E-state index in [9.17, 15) is 0 Å². The molecule has 1 aliphatic heterocycles. The fourth-order valence-corrected chi connectivity index (χ4v) is 3.82. The van der Waals surface area contributed by atoms with E-state index in [2.05, 4.69) is 61.6 Å². The molecule has 3 aromatic rings. The summed E-state index contributed by atoms with van der Waals surface area (Å²) in [6.45, 7) is 4.11. The standard InChI is InChI=1S/C21H19BrN4OS/c1-3-28-21-24-20-18(25-26-21)16-12-15(22)9-10-17(16)23-19(27-20)13(2)11-14-7-5-4-6-8-14/h4-12,19,23H,3H2,1-2H3/b13-11+. The summed E-state index contributed by atoms with van der Waals surface area (Å²) in [5, 5.41) is 12.8. The van der Waals surface area contributed by atoms with Gasteiger partial charge in [0, 0.05) is 15.7 Å². The lowest BCUT2D eigenvalue weighted by Gasteiger charge is -2.20. The number of thioether (sulfide) groups is 1. The van der Waals surface area contributed by atoms with Gasteiger partial charge in [-0.25, -0.2) is 0 Å². The van der Waals surface area contributed by atoms with Crippen LogP contribution < -0.4 is 10.1 Å². The first-order valence-electron chi connectivity index (χ1n) is 8.98. The van der Waals surface area contributed by atoms with Crippen molar-refractivity contribution >= 4 is 39.5 Å². The zero-order valence-corrected chi connectivity index (χ0v) is 17.9. The van der Waals surface area contributed by atoms with Crippen molar-refractivity contribution in [1.82, 2.24) is 15.2 Å². The number of benzene rings is 2. The van der Waals surface area contributed by atoms with Gasteiger partial charge in [-0.05, 0) is 42.0 Å². The molecular weight excluding hydrogens is 436 g/mol. The molecule has 142 valence electrons. The monoisotopic (exact) mass is 454 g/mol. The molecule has 0 spiro atoms. The smallest absolute Gasteiger partial charge is 0.247 e. The Morgan fingerprint density at radius 3 is 2.82 bits per heavy atom. The largest absolute Gasteiger partial charge is 0.448 e. The molecule has 1 N–H and O–H groups in total. The number of nitrogens with one attached hydrogen (secondary N) is 1. The van der Waals surface area contributed by atoms with Gasteiger partial charge in [0.2, 0.25) is 11.0 Å². The van der Waals surface area contributed by atoms with Gasteiger partial charge in [0.05, 0.1) is 0 Å². The molecule has 0 bridgehead atoms. The van der Waals surface area contributed by atoms with Crippen molar-refractivity contribution in [1.29, 1.82) is 0 Å². The SMILES string of the molecule is CCSc1nnc2c(n1)OC(/C(C)=C/c1ccccc1)Nc1ccc(Br)cc1-2. The van der Waals surface area contributed by atoms with Crippen LogP contribution in [0.3, 0.4) is 0 Å². The zero-order valence-electron chi connectivity index (χ0n) is 15.5. The first kappa shape index (κ1) is 19.0. The molecule has 2 heterocycles. The minimum atomic E-state index is -0.363. The summed E-state index contributed by atoms with van der Waals surface area (Å²) in [6, 6.07) is 16.2. The Kier molecular flexibility index (Phi) is 5.64. The molecule has 5 nitrogen and oxygen atoms in total. The predicted molar refractivity (Wildman–Crippen MR) is 117 cm³/mol. The molecule has 4 rings (SSSR count). The lowest BCUT2D eigenvalue weighted by Crippen LogP contribution is -2.27. The Hall–Kier alpha value is -2.38. The van der Waals surface area contributed by atoms with Crippen LogP contribution in [0.25, 0.3) is 17.3 Å². The normalized spacial score (nSPS) is 15.7. The van der Waals surface area contributed by atoms with Crippen LogP contribution >= 0.6 is 27.7 Å². The van der Waals surface area contributed by atoms with Crippen LogP contribution in [0, 0.1) is 0 Å². The maximum Gasteiger partial charge on any atom is 0.247 e. The average molecular weight is 455 g/mol. The van der Waals surface area contributed by atoms with Gasteiger partial charge in [-0.1, -0.05) is 71.0 Å². The Morgan fingerprint density at radius 2 is 2.04 bits per heavy atom. The number of fused-ring (bicyclic) bond motifs is 3. The summed E-state index contributed by atoms with van der Waals surface area (Å²) >= 11 is 5.09. The molecular formula is C21H19BrN4OS. The summed E-state index contributed by atoms with van der Waals surface area (Å²) in [5.74, 6) is 1.36. The van der Waals surface area contributed by atoms with E-state index < -0.39 is 0 Å². The molecule has 0 aliphatic carbocycles. The summed E-state index contributed by atoms with van der Waals surface area (Å²) in [4.78, 5) is 4.62. The van der Waals surface area contributed by atoms with Crippen molar-refractivity contribution in [2.24, 2.45) is 0 Å². The summed E-state index contributed by atoms with van der Waals surface area (Å²) in [7, 11) is 0. The van der Waals surface area contributed by atoms with Crippen molar-refractivity contribution in [3.8, 4) is 17.1 Å². The van der Waals surface area contributed by atoms with E-state index in [0.29, 0.717) is 16.7 Å². The number of nitrogens with zero attached hydrogens (tertiary/aromatic N) is 3. The molecule has 0 saturated carbocycles. The van der Waals surface area contributed by atoms with E-state index >= 15 is 0 Å². The van der Waals surface area contributed by atoms with Gasteiger partial charge >= 0.3 is 0 Å². The topological polar surface area (TPSA) is 59.9 Å². The highest BCUT2D eigenvalue weighted by molar-refractivity contribution is 9.10. The number of anilines is 1. The van der Waals surface area contributed by atoms with Crippen LogP contribution in [0.5, 0.6) is 5.88 Å². The number of hydrogen-bond acceptors (Lipinski definition) is 6. The number of rotatable bonds is 4. The molecule has 1 aliphatic rings.